The van der Waals surface area contributed by atoms with E-state index in [2.05, 4.69) is 0 Å². The van der Waals surface area contributed by atoms with Crippen LogP contribution >= 0.6 is 0 Å². The molecular weight excluding hydrogens is 439 g/mol. The van der Waals surface area contributed by atoms with Crippen molar-refractivity contribution in [3.8, 4) is 0 Å². The second-order valence-electron chi connectivity index (χ2n) is 0.758. The van der Waals surface area contributed by atoms with E-state index < -0.39 is 15.3 Å². The largest absolute Gasteiger partial charge is 0.472 e. The summed E-state index contributed by atoms with van der Waals surface area (Å²) in [5, 5.41) is 37.6. The van der Waals surface area contributed by atoms with Gasteiger partial charge in [-0.25, -0.2) is 31.2 Å². The molecule has 0 aromatic heterocycles. The Kier molecular flexibility index (Phi) is 215. The zero-order valence-electron chi connectivity index (χ0n) is 8.02. The Balaban J connectivity index is -0.00000000827. The molecule has 0 spiro atoms. The molecule has 0 aromatic carbocycles. The van der Waals surface area contributed by atoms with Crippen molar-refractivity contribution in [2.45, 2.75) is 0 Å². The molecule has 0 fully saturated rings. The smallest absolute Gasteiger partial charge is 0.412 e. The van der Waals surface area contributed by atoms with E-state index in [1.54, 1.807) is 0 Å². The van der Waals surface area contributed by atoms with Crippen molar-refractivity contribution in [1.29, 1.82) is 0 Å². The Bertz CT molecular complexity index is 115. The van der Waals surface area contributed by atoms with Gasteiger partial charge in [-0.1, -0.05) is 0 Å². The first-order valence-corrected chi connectivity index (χ1v) is 1.75. The van der Waals surface area contributed by atoms with E-state index in [0.717, 1.165) is 0 Å². The van der Waals surface area contributed by atoms with Gasteiger partial charge < -0.3 is 27.4 Å². The molecule has 0 amide bonds. The Hall–Kier alpha value is -1.08. The van der Waals surface area contributed by atoms with Crippen molar-refractivity contribution in [3.63, 3.8) is 0 Å². The third-order valence-electron chi connectivity index (χ3n) is 0. The van der Waals surface area contributed by atoms with E-state index in [4.69, 9.17) is 46.0 Å². The van der Waals surface area contributed by atoms with Crippen LogP contribution in [0.3, 0.4) is 0 Å². The fraction of sp³-hybridized carbons (Fsp3) is 0. The average Bonchev–Trinajstić information content (AvgIpc) is 1.54. The Morgan fingerprint density at radius 3 is 0.444 bits per heavy atom. The fourth-order valence-electron chi connectivity index (χ4n) is 0. The maximum Gasteiger partial charge on any atom is 0.472 e. The predicted octanol–water partition coefficient (Wildman–Crippen LogP) is -5.49. The van der Waals surface area contributed by atoms with E-state index in [1.807, 2.05) is 0 Å². The Morgan fingerprint density at radius 1 is 0.444 bits per heavy atom. The van der Waals surface area contributed by atoms with E-state index in [9.17, 15) is 0 Å². The number of hydrogen-bond acceptors (Lipinski definition) is 3. The summed E-state index contributed by atoms with van der Waals surface area (Å²) in [5.74, 6) is 0. The Morgan fingerprint density at radius 2 is 0.444 bits per heavy atom. The van der Waals surface area contributed by atoms with E-state index in [1.165, 1.54) is 0 Å². The third-order valence-corrected chi connectivity index (χ3v) is 0. The fourth-order valence-corrected chi connectivity index (χ4v) is 0. The van der Waals surface area contributed by atoms with Gasteiger partial charge in [0.15, 0.2) is 0 Å². The zero-order valence-corrected chi connectivity index (χ0v) is 9.73. The molecule has 0 aromatic rings. The average molecular weight is 455 g/mol. The molecule has 0 unspecified atom stereocenters. The Labute approximate surface area is 135 Å². The summed E-state index contributed by atoms with van der Waals surface area (Å²) >= 11 is 0. The number of rotatable bonds is 0. The molecule has 0 heterocycles. The normalized spacial score (nSPS) is 4.00. The summed E-state index contributed by atoms with van der Waals surface area (Å²) < 4.78 is 0. The van der Waals surface area contributed by atoms with Crippen molar-refractivity contribution < 1.29 is 121 Å². The van der Waals surface area contributed by atoms with Crippen LogP contribution in [0.2, 0.25) is 0 Å². The molecule has 18 heavy (non-hydrogen) atoms. The van der Waals surface area contributed by atoms with Crippen molar-refractivity contribution >= 4 is 0 Å². The van der Waals surface area contributed by atoms with Crippen LogP contribution in [0.5, 0.6) is 0 Å². The summed E-state index contributed by atoms with van der Waals surface area (Å²) in [6, 6.07) is 0. The van der Waals surface area contributed by atoms with Crippen molar-refractivity contribution in [1.82, 2.24) is 0 Å². The molecule has 16 N–H and O–H groups in total. The van der Waals surface area contributed by atoms with Gasteiger partial charge in [-0.3, -0.25) is 0 Å². The van der Waals surface area contributed by atoms with Crippen LogP contribution in [-0.2, 0) is 0 Å². The minimum Gasteiger partial charge on any atom is -0.412 e. The molecule has 0 saturated carbocycles. The number of hydrogen-bond donors (Lipinski definition) is 6. The van der Waals surface area contributed by atoms with Gasteiger partial charge in [-0.15, -0.1) is 0 Å². The molecule has 0 rings (SSSR count). The summed E-state index contributed by atoms with van der Waals surface area (Å²) in [5.41, 5.74) is 0. The first-order chi connectivity index (χ1) is 5.20. The molecular formula is H16N3O14Yb+3. The van der Waals surface area contributed by atoms with Gasteiger partial charge >= 0.3 is 15.3 Å². The van der Waals surface area contributed by atoms with Crippen LogP contribution < -0.4 is 0 Å². The van der Waals surface area contributed by atoms with E-state index >= 15 is 0 Å². The summed E-state index contributed by atoms with van der Waals surface area (Å²) in [4.78, 5) is 25.4. The molecule has 0 radical (unpaired) electrons. The van der Waals surface area contributed by atoms with Crippen molar-refractivity contribution in [2.75, 3.05) is 0 Å². The SMILES string of the molecule is O.O.O.O.O.O=[N+](O)O.O=[N+](O)O.O=[N+](O)O.[Yb]. The van der Waals surface area contributed by atoms with Gasteiger partial charge in [-0.2, -0.15) is 0 Å². The first kappa shape index (κ1) is 68.4. The van der Waals surface area contributed by atoms with Gasteiger partial charge in [0.1, 0.15) is 14.7 Å². The maximum absolute atomic E-state index is 8.47. The predicted molar refractivity (Wildman–Crippen MR) is 39.7 cm³/mol. The van der Waals surface area contributed by atoms with E-state index in [0.29, 0.717) is 0 Å². The minimum atomic E-state index is -1.25. The van der Waals surface area contributed by atoms with Crippen LogP contribution in [0.25, 0.3) is 0 Å². The minimum absolute atomic E-state index is 0. The molecule has 0 saturated heterocycles. The maximum atomic E-state index is 8.47. The van der Waals surface area contributed by atoms with Gasteiger partial charge in [0.05, 0.1) is 0 Å². The molecule has 18 heteroatoms. The topological polar surface area (TPSA) is 339 Å². The zero-order chi connectivity index (χ0) is 10.7. The van der Waals surface area contributed by atoms with Crippen molar-refractivity contribution in [3.05, 3.63) is 14.7 Å². The van der Waals surface area contributed by atoms with Crippen LogP contribution in [-0.4, -0.2) is 73.9 Å². The van der Waals surface area contributed by atoms with Gasteiger partial charge in [0.25, 0.3) is 0 Å². The van der Waals surface area contributed by atoms with Gasteiger partial charge in [0.2, 0.25) is 0 Å². The summed E-state index contributed by atoms with van der Waals surface area (Å²) in [6.45, 7) is 0. The monoisotopic (exact) mass is 456 g/mol. The van der Waals surface area contributed by atoms with Gasteiger partial charge in [-0.05, 0) is 0 Å². The second kappa shape index (κ2) is 56.5. The first-order valence-electron chi connectivity index (χ1n) is 1.75. The standard InChI is InChI=1S/3H2NO3.5H2O.Yb/c3*2-1(3)4;;;;;;/h3*(H2,2,3,4);5*1H2;/q3*+1;;;;;;. The molecule has 0 aliphatic carbocycles. The van der Waals surface area contributed by atoms with Crippen LogP contribution in [0, 0.1) is 61.6 Å². The number of nitrogens with zero attached hydrogens (tertiary/aromatic N) is 3. The second-order valence-corrected chi connectivity index (χ2v) is 0.758. The summed E-state index contributed by atoms with van der Waals surface area (Å²) in [7, 11) is 0. The quantitative estimate of drug-likeness (QED) is 0.189. The molecule has 0 bridgehead atoms. The molecule has 0 aliphatic rings. The van der Waals surface area contributed by atoms with Crippen molar-refractivity contribution in [2.24, 2.45) is 0 Å². The molecule has 17 nitrogen and oxygen atoms in total. The molecule has 0 aliphatic heterocycles. The third kappa shape index (κ3) is 2480. The van der Waals surface area contributed by atoms with Gasteiger partial charge in [0, 0.05) is 46.9 Å². The van der Waals surface area contributed by atoms with Crippen LogP contribution in [0.15, 0.2) is 0 Å². The van der Waals surface area contributed by atoms with E-state index in [-0.39, 0.29) is 74.3 Å². The van der Waals surface area contributed by atoms with Crippen LogP contribution in [0.4, 0.5) is 0 Å². The summed E-state index contributed by atoms with van der Waals surface area (Å²) in [6.07, 6.45) is 0. The molecule has 126 valence electrons. The van der Waals surface area contributed by atoms with Crippen LogP contribution in [0.1, 0.15) is 0 Å². The molecule has 0 atom stereocenters.